The van der Waals surface area contributed by atoms with Crippen LogP contribution in [0.3, 0.4) is 0 Å². The molecule has 0 radical (unpaired) electrons. The van der Waals surface area contributed by atoms with Crippen molar-refractivity contribution in [3.63, 3.8) is 0 Å². The average molecular weight is 145 g/mol. The zero-order valence-electron chi connectivity index (χ0n) is 7.55. The molecule has 0 N–H and O–H groups in total. The molecule has 1 nitrogen and oxygen atoms in total. The first kappa shape index (κ1) is 11.2. The second-order valence-electron chi connectivity index (χ2n) is 2.83. The van der Waals surface area contributed by atoms with Gasteiger partial charge in [-0.25, -0.2) is 19.1 Å². The van der Waals surface area contributed by atoms with E-state index < -0.39 is 0 Å². The fraction of sp³-hybridized carbons (Fsp3) is 0.667. The summed E-state index contributed by atoms with van der Waals surface area (Å²) in [6.45, 7) is 7.33. The van der Waals surface area contributed by atoms with E-state index in [4.69, 9.17) is 0 Å². The number of nitrogens with zero attached hydrogens (tertiary/aromatic N) is 1. The van der Waals surface area contributed by atoms with E-state index in [2.05, 4.69) is 17.9 Å². The van der Waals surface area contributed by atoms with E-state index in [1.54, 1.807) is 0 Å². The Morgan fingerprint density at radius 2 is 1.82 bits per heavy atom. The minimum absolute atomic E-state index is 0. The summed E-state index contributed by atoms with van der Waals surface area (Å²) in [6.07, 6.45) is 8.19. The van der Waals surface area contributed by atoms with Gasteiger partial charge in [0.05, 0.1) is 0 Å². The van der Waals surface area contributed by atoms with E-state index in [1.165, 1.54) is 32.4 Å². The molecule has 1 heterocycles. The first-order chi connectivity index (χ1) is 4.93. The third-order valence-electron chi connectivity index (χ3n) is 1.98. The molecular weight excluding hydrogens is 129 g/mol. The van der Waals surface area contributed by atoms with Gasteiger partial charge in [-0.15, -0.1) is 0 Å². The molecule has 0 aromatic rings. The first-order valence-electron chi connectivity index (χ1n) is 4.10. The Bertz CT molecular complexity index is 106. The van der Waals surface area contributed by atoms with Gasteiger partial charge in [-0.05, 0) is 32.5 Å². The SMILES string of the molecule is [CH2-]C=CCN1CCCCC1.[Li+]. The molecule has 1 rings (SSSR count). The van der Waals surface area contributed by atoms with Crippen molar-refractivity contribution in [1.29, 1.82) is 0 Å². The second kappa shape index (κ2) is 6.85. The van der Waals surface area contributed by atoms with Crippen LogP contribution in [-0.4, -0.2) is 24.5 Å². The minimum atomic E-state index is 0. The van der Waals surface area contributed by atoms with Crippen LogP contribution in [0.4, 0.5) is 0 Å². The average Bonchev–Trinajstić information content (AvgIpc) is 2.03. The van der Waals surface area contributed by atoms with E-state index >= 15 is 0 Å². The zero-order valence-corrected chi connectivity index (χ0v) is 7.55. The predicted octanol–water partition coefficient (Wildman–Crippen LogP) is -1.13. The number of hydrogen-bond donors (Lipinski definition) is 0. The van der Waals surface area contributed by atoms with Gasteiger partial charge < -0.3 is 4.90 Å². The van der Waals surface area contributed by atoms with Gasteiger partial charge in [0.15, 0.2) is 0 Å². The molecule has 0 aromatic carbocycles. The van der Waals surface area contributed by atoms with E-state index in [9.17, 15) is 0 Å². The third kappa shape index (κ3) is 4.58. The van der Waals surface area contributed by atoms with E-state index in [-0.39, 0.29) is 18.9 Å². The molecule has 2 heteroatoms. The van der Waals surface area contributed by atoms with Crippen molar-refractivity contribution in [3.8, 4) is 0 Å². The number of hydrogen-bond acceptors (Lipinski definition) is 1. The van der Waals surface area contributed by atoms with Gasteiger partial charge in [-0.1, -0.05) is 6.42 Å². The summed E-state index contributed by atoms with van der Waals surface area (Å²) < 4.78 is 0. The summed E-state index contributed by atoms with van der Waals surface area (Å²) in [4.78, 5) is 2.48. The number of likely N-dealkylation sites (tertiary alicyclic amines) is 1. The standard InChI is InChI=1S/C9H16N.Li/c1-2-3-7-10-8-5-4-6-9-10;/h2-3H,1,4-9H2;/q-1;+1. The van der Waals surface area contributed by atoms with Crippen LogP contribution in [0.2, 0.25) is 0 Å². The van der Waals surface area contributed by atoms with Crippen LogP contribution in [0.25, 0.3) is 0 Å². The molecule has 0 spiro atoms. The topological polar surface area (TPSA) is 3.24 Å². The summed E-state index contributed by atoms with van der Waals surface area (Å²) >= 11 is 0. The zero-order chi connectivity index (χ0) is 7.23. The summed E-state index contributed by atoms with van der Waals surface area (Å²) in [5.41, 5.74) is 0. The maximum Gasteiger partial charge on any atom is 1.00 e. The molecule has 0 unspecified atom stereocenters. The molecule has 0 bridgehead atoms. The van der Waals surface area contributed by atoms with Crippen LogP contribution in [0.1, 0.15) is 19.3 Å². The number of allylic oxidation sites excluding steroid dienone is 1. The minimum Gasteiger partial charge on any atom is -0.316 e. The van der Waals surface area contributed by atoms with Crippen molar-refractivity contribution in [3.05, 3.63) is 19.1 Å². The molecular formula is C9H16LiN. The van der Waals surface area contributed by atoms with Gasteiger partial charge in [0, 0.05) is 0 Å². The van der Waals surface area contributed by atoms with Crippen LogP contribution in [0.5, 0.6) is 0 Å². The molecule has 11 heavy (non-hydrogen) atoms. The van der Waals surface area contributed by atoms with Gasteiger partial charge in [-0.3, -0.25) is 0 Å². The molecule has 0 aromatic heterocycles. The Kier molecular flexibility index (Phi) is 6.96. The van der Waals surface area contributed by atoms with Crippen molar-refractivity contribution in [2.45, 2.75) is 19.3 Å². The van der Waals surface area contributed by atoms with E-state index in [1.807, 2.05) is 6.08 Å². The van der Waals surface area contributed by atoms with Crippen molar-refractivity contribution < 1.29 is 18.9 Å². The van der Waals surface area contributed by atoms with Crippen LogP contribution < -0.4 is 18.9 Å². The maximum atomic E-state index is 3.66. The van der Waals surface area contributed by atoms with Gasteiger partial charge >= 0.3 is 18.9 Å². The van der Waals surface area contributed by atoms with Gasteiger partial charge in [0.2, 0.25) is 0 Å². The van der Waals surface area contributed by atoms with E-state index in [0.717, 1.165) is 6.54 Å². The first-order valence-corrected chi connectivity index (χ1v) is 4.10. The van der Waals surface area contributed by atoms with Crippen molar-refractivity contribution in [1.82, 2.24) is 4.90 Å². The van der Waals surface area contributed by atoms with Crippen LogP contribution in [0, 0.1) is 6.92 Å². The molecule has 1 fully saturated rings. The van der Waals surface area contributed by atoms with Crippen LogP contribution in [-0.2, 0) is 0 Å². The largest absolute Gasteiger partial charge is 1.00 e. The third-order valence-corrected chi connectivity index (χ3v) is 1.98. The van der Waals surface area contributed by atoms with E-state index in [0.29, 0.717) is 0 Å². The Labute approximate surface area is 82.0 Å². The molecule has 1 aliphatic rings. The molecule has 0 saturated carbocycles. The van der Waals surface area contributed by atoms with Crippen molar-refractivity contribution in [2.24, 2.45) is 0 Å². The van der Waals surface area contributed by atoms with Gasteiger partial charge in [-0.2, -0.15) is 0 Å². The smallest absolute Gasteiger partial charge is 0.316 e. The molecule has 0 amide bonds. The molecule has 0 aliphatic carbocycles. The Morgan fingerprint density at radius 3 is 2.36 bits per heavy atom. The normalized spacial score (nSPS) is 20.0. The van der Waals surface area contributed by atoms with Gasteiger partial charge in [0.25, 0.3) is 0 Å². The van der Waals surface area contributed by atoms with Crippen molar-refractivity contribution >= 4 is 0 Å². The van der Waals surface area contributed by atoms with Gasteiger partial charge in [0.1, 0.15) is 0 Å². The summed E-state index contributed by atoms with van der Waals surface area (Å²) in [7, 11) is 0. The fourth-order valence-electron chi connectivity index (χ4n) is 1.37. The maximum absolute atomic E-state index is 3.66. The summed E-state index contributed by atoms with van der Waals surface area (Å²) in [5.74, 6) is 0. The monoisotopic (exact) mass is 145 g/mol. The van der Waals surface area contributed by atoms with Crippen LogP contribution in [0.15, 0.2) is 12.2 Å². The number of piperidine rings is 1. The predicted molar refractivity (Wildman–Crippen MR) is 44.8 cm³/mol. The van der Waals surface area contributed by atoms with Crippen molar-refractivity contribution in [2.75, 3.05) is 19.6 Å². The number of rotatable bonds is 2. The molecule has 1 aliphatic heterocycles. The van der Waals surface area contributed by atoms with Crippen LogP contribution >= 0.6 is 0 Å². The molecule has 58 valence electrons. The Morgan fingerprint density at radius 1 is 1.18 bits per heavy atom. The molecule has 0 atom stereocenters. The Hall–Kier alpha value is 0.167. The quantitative estimate of drug-likeness (QED) is 0.351. The molecule has 1 saturated heterocycles. The second-order valence-corrected chi connectivity index (χ2v) is 2.83. The summed E-state index contributed by atoms with van der Waals surface area (Å²) in [5, 5.41) is 0. The fourth-order valence-corrected chi connectivity index (χ4v) is 1.37. The Balaban J connectivity index is 0.000001000. The summed E-state index contributed by atoms with van der Waals surface area (Å²) in [6, 6.07) is 0.